The van der Waals surface area contributed by atoms with Gasteiger partial charge in [0.15, 0.2) is 0 Å². The second kappa shape index (κ2) is 9.31. The molecule has 0 spiro atoms. The average Bonchev–Trinajstić information content (AvgIpc) is 3.20. The predicted molar refractivity (Wildman–Crippen MR) is 134 cm³/mol. The van der Waals surface area contributed by atoms with E-state index < -0.39 is 0 Å². The van der Waals surface area contributed by atoms with Gasteiger partial charge in [-0.2, -0.15) is 0 Å². The standard InChI is InChI=1S/C28H30N4/c1-22-30-28(29-21-23-11-5-2-6-12-23)27(24-13-7-3-8-14-24)32(22)26-17-15-25(16-18-26)31-19-9-4-10-20-31/h2-3,5-8,11-18,27H,1,4,9-10,19-21H2,(H,29,30). The average molecular weight is 423 g/mol. The minimum Gasteiger partial charge on any atom is -0.372 e. The van der Waals surface area contributed by atoms with E-state index in [1.165, 1.54) is 36.1 Å². The molecule has 0 radical (unpaired) electrons. The Labute approximate surface area is 190 Å². The van der Waals surface area contributed by atoms with Gasteiger partial charge in [-0.3, -0.25) is 4.99 Å². The first-order valence-electron chi connectivity index (χ1n) is 11.5. The molecule has 2 aliphatic rings. The summed E-state index contributed by atoms with van der Waals surface area (Å²) in [5, 5.41) is 3.47. The number of nitrogens with zero attached hydrogens (tertiary/aromatic N) is 3. The van der Waals surface area contributed by atoms with Crippen LogP contribution in [0.1, 0.15) is 36.4 Å². The lowest BCUT2D eigenvalue weighted by atomic mass is 10.0. The summed E-state index contributed by atoms with van der Waals surface area (Å²) in [6.45, 7) is 7.28. The Morgan fingerprint density at radius 3 is 2.09 bits per heavy atom. The Morgan fingerprint density at radius 2 is 1.41 bits per heavy atom. The van der Waals surface area contributed by atoms with Crippen LogP contribution in [0.5, 0.6) is 0 Å². The molecule has 4 heteroatoms. The monoisotopic (exact) mass is 422 g/mol. The highest BCUT2D eigenvalue weighted by Crippen LogP contribution is 2.36. The highest BCUT2D eigenvalue weighted by molar-refractivity contribution is 5.97. The number of aliphatic imine (C=N–C) groups is 1. The Bertz CT molecular complexity index is 1070. The molecule has 1 atom stereocenters. The van der Waals surface area contributed by atoms with E-state index in [9.17, 15) is 0 Å². The molecule has 4 nitrogen and oxygen atoms in total. The molecule has 2 aliphatic heterocycles. The third-order valence-corrected chi connectivity index (χ3v) is 6.32. The van der Waals surface area contributed by atoms with Crippen LogP contribution < -0.4 is 15.1 Å². The summed E-state index contributed by atoms with van der Waals surface area (Å²) in [7, 11) is 0. The third-order valence-electron chi connectivity index (χ3n) is 6.32. The molecule has 0 amide bonds. The minimum atomic E-state index is -0.0201. The summed E-state index contributed by atoms with van der Waals surface area (Å²) in [4.78, 5) is 9.72. The van der Waals surface area contributed by atoms with Crippen LogP contribution in [0.2, 0.25) is 0 Å². The molecule has 0 saturated carbocycles. The molecule has 2 heterocycles. The number of hydrogen-bond acceptors (Lipinski definition) is 3. The molecule has 0 bridgehead atoms. The molecular weight excluding hydrogens is 392 g/mol. The molecule has 2 fully saturated rings. The van der Waals surface area contributed by atoms with E-state index in [0.717, 1.165) is 30.4 Å². The van der Waals surface area contributed by atoms with Gasteiger partial charge in [0.05, 0.1) is 6.54 Å². The molecule has 0 aromatic heterocycles. The maximum Gasteiger partial charge on any atom is 0.130 e. The Kier molecular flexibility index (Phi) is 5.93. The normalized spacial score (nSPS) is 19.9. The van der Waals surface area contributed by atoms with Crippen molar-refractivity contribution >= 4 is 17.2 Å². The van der Waals surface area contributed by atoms with Gasteiger partial charge >= 0.3 is 0 Å². The number of rotatable bonds is 5. The molecule has 3 aromatic rings. The van der Waals surface area contributed by atoms with Gasteiger partial charge in [-0.15, -0.1) is 0 Å². The van der Waals surface area contributed by atoms with Gasteiger partial charge in [-0.1, -0.05) is 67.2 Å². The lowest BCUT2D eigenvalue weighted by Gasteiger charge is -2.30. The second-order valence-electron chi connectivity index (χ2n) is 8.51. The van der Waals surface area contributed by atoms with Gasteiger partial charge in [0.25, 0.3) is 0 Å². The van der Waals surface area contributed by atoms with Crippen molar-refractivity contribution in [1.82, 2.24) is 5.32 Å². The van der Waals surface area contributed by atoms with E-state index in [0.29, 0.717) is 6.54 Å². The first-order chi connectivity index (χ1) is 15.8. The summed E-state index contributed by atoms with van der Waals surface area (Å²) < 4.78 is 0. The zero-order valence-corrected chi connectivity index (χ0v) is 18.5. The van der Waals surface area contributed by atoms with E-state index >= 15 is 0 Å². The first-order valence-corrected chi connectivity index (χ1v) is 11.5. The zero-order valence-electron chi connectivity index (χ0n) is 18.5. The highest BCUT2D eigenvalue weighted by atomic mass is 15.4. The SMILES string of the molecule is C=C1NC(=NCc2ccccc2)C(c2ccccc2)N1c1ccc(N2CCCCC2)cc1. The fourth-order valence-corrected chi connectivity index (χ4v) is 4.66. The van der Waals surface area contributed by atoms with Crippen molar-refractivity contribution in [3.63, 3.8) is 0 Å². The van der Waals surface area contributed by atoms with Crippen molar-refractivity contribution in [2.24, 2.45) is 4.99 Å². The lowest BCUT2D eigenvalue weighted by Crippen LogP contribution is -2.29. The summed E-state index contributed by atoms with van der Waals surface area (Å²) in [5.41, 5.74) is 4.83. The Balaban J connectivity index is 1.45. The highest BCUT2D eigenvalue weighted by Gasteiger charge is 2.35. The summed E-state index contributed by atoms with van der Waals surface area (Å²) in [5.74, 6) is 1.79. The maximum atomic E-state index is 4.96. The van der Waals surface area contributed by atoms with Crippen molar-refractivity contribution in [2.75, 3.05) is 22.9 Å². The van der Waals surface area contributed by atoms with Crippen LogP contribution in [0.25, 0.3) is 0 Å². The fourth-order valence-electron chi connectivity index (χ4n) is 4.66. The number of piperidine rings is 1. The van der Waals surface area contributed by atoms with Gasteiger partial charge in [0.1, 0.15) is 17.7 Å². The number of anilines is 2. The van der Waals surface area contributed by atoms with Crippen LogP contribution in [0, 0.1) is 0 Å². The van der Waals surface area contributed by atoms with Gasteiger partial charge in [-0.25, -0.2) is 0 Å². The van der Waals surface area contributed by atoms with Gasteiger partial charge in [-0.05, 0) is 54.7 Å². The van der Waals surface area contributed by atoms with Gasteiger partial charge in [0, 0.05) is 24.5 Å². The summed E-state index contributed by atoms with van der Waals surface area (Å²) >= 11 is 0. The van der Waals surface area contributed by atoms with Crippen LogP contribution >= 0.6 is 0 Å². The fraction of sp³-hybridized carbons (Fsp3) is 0.250. The third kappa shape index (κ3) is 4.26. The number of benzene rings is 3. The van der Waals surface area contributed by atoms with Gasteiger partial charge in [0.2, 0.25) is 0 Å². The lowest BCUT2D eigenvalue weighted by molar-refractivity contribution is 0.578. The van der Waals surface area contributed by atoms with E-state index in [1.807, 2.05) is 6.07 Å². The largest absolute Gasteiger partial charge is 0.372 e. The van der Waals surface area contributed by atoms with Crippen molar-refractivity contribution in [3.8, 4) is 0 Å². The maximum absolute atomic E-state index is 4.96. The van der Waals surface area contributed by atoms with Crippen molar-refractivity contribution < 1.29 is 0 Å². The summed E-state index contributed by atoms with van der Waals surface area (Å²) in [6.07, 6.45) is 3.91. The van der Waals surface area contributed by atoms with Crippen LogP contribution in [0.4, 0.5) is 11.4 Å². The summed E-state index contributed by atoms with van der Waals surface area (Å²) in [6, 6.07) is 29.8. The molecule has 2 saturated heterocycles. The van der Waals surface area contributed by atoms with Crippen molar-refractivity contribution in [2.45, 2.75) is 31.8 Å². The molecule has 3 aromatic carbocycles. The van der Waals surface area contributed by atoms with E-state index in [4.69, 9.17) is 4.99 Å². The van der Waals surface area contributed by atoms with E-state index in [1.54, 1.807) is 0 Å². The molecule has 32 heavy (non-hydrogen) atoms. The second-order valence-corrected chi connectivity index (χ2v) is 8.51. The zero-order chi connectivity index (χ0) is 21.8. The Hall–Kier alpha value is -3.53. The van der Waals surface area contributed by atoms with Crippen LogP contribution in [-0.2, 0) is 6.54 Å². The quantitative estimate of drug-likeness (QED) is 0.555. The van der Waals surface area contributed by atoms with Crippen LogP contribution in [-0.4, -0.2) is 18.9 Å². The molecule has 1 unspecified atom stereocenters. The molecule has 0 aliphatic carbocycles. The van der Waals surface area contributed by atoms with Crippen molar-refractivity contribution in [1.29, 1.82) is 0 Å². The molecular formula is C28H30N4. The molecule has 5 rings (SSSR count). The number of hydrogen-bond donors (Lipinski definition) is 1. The predicted octanol–water partition coefficient (Wildman–Crippen LogP) is 5.90. The number of amidine groups is 1. The number of nitrogens with one attached hydrogen (secondary N) is 1. The smallest absolute Gasteiger partial charge is 0.130 e. The van der Waals surface area contributed by atoms with Crippen LogP contribution in [0.3, 0.4) is 0 Å². The Morgan fingerprint density at radius 1 is 0.781 bits per heavy atom. The van der Waals surface area contributed by atoms with E-state index in [2.05, 4.69) is 101 Å². The molecule has 162 valence electrons. The van der Waals surface area contributed by atoms with E-state index in [-0.39, 0.29) is 6.04 Å². The molecule has 1 N–H and O–H groups in total. The first kappa shape index (κ1) is 20.4. The minimum absolute atomic E-state index is 0.0201. The van der Waals surface area contributed by atoms with Crippen LogP contribution in [0.15, 0.2) is 102 Å². The van der Waals surface area contributed by atoms with Crippen molar-refractivity contribution in [3.05, 3.63) is 108 Å². The topological polar surface area (TPSA) is 30.9 Å². The van der Waals surface area contributed by atoms with Gasteiger partial charge < -0.3 is 15.1 Å².